The molecule has 2 aromatic rings. The number of rotatable bonds is 2. The molecule has 0 bridgehead atoms. The first-order valence-electron chi connectivity index (χ1n) is 4.66. The average molecular weight is 290 g/mol. The third-order valence-electron chi connectivity index (χ3n) is 2.14. The van der Waals surface area contributed by atoms with E-state index in [1.807, 2.05) is 0 Å². The minimum absolute atomic E-state index is 0.128. The summed E-state index contributed by atoms with van der Waals surface area (Å²) in [4.78, 5) is 4.44. The van der Waals surface area contributed by atoms with Crippen molar-refractivity contribution in [3.63, 3.8) is 0 Å². The van der Waals surface area contributed by atoms with Crippen LogP contribution in [0.4, 0.5) is 0 Å². The maximum absolute atomic E-state index is 10.2. The summed E-state index contributed by atoms with van der Waals surface area (Å²) in [7, 11) is -3.09. The van der Waals surface area contributed by atoms with Gasteiger partial charge in [-0.25, -0.2) is 4.98 Å². The summed E-state index contributed by atoms with van der Waals surface area (Å²) in [5.74, 6) is 0. The Balaban J connectivity index is 2.51. The Morgan fingerprint density at radius 2 is 1.41 bits per heavy atom. The van der Waals surface area contributed by atoms with Gasteiger partial charge in [0.1, 0.15) is 10.3 Å². The number of hydrogen-bond acceptors (Lipinski definition) is 3. The molecule has 1 aromatic carbocycles. The van der Waals surface area contributed by atoms with E-state index in [0.29, 0.717) is 4.90 Å². The van der Waals surface area contributed by atoms with Crippen molar-refractivity contribution in [3.8, 4) is 0 Å². The second-order valence-electron chi connectivity index (χ2n) is 3.31. The molecule has 17 heavy (non-hydrogen) atoms. The Hall–Kier alpha value is -0.780. The van der Waals surface area contributed by atoms with Crippen molar-refractivity contribution in [3.05, 3.63) is 52.8 Å². The van der Waals surface area contributed by atoms with Crippen molar-refractivity contribution < 1.29 is 9.11 Å². The van der Waals surface area contributed by atoms with E-state index in [2.05, 4.69) is 4.98 Å². The van der Waals surface area contributed by atoms with Gasteiger partial charge in [-0.15, -0.1) is 10.6 Å². The number of halogens is 2. The highest BCUT2D eigenvalue weighted by molar-refractivity contribution is 8.24. The smallest absolute Gasteiger partial charge is 0.132 e. The van der Waals surface area contributed by atoms with Crippen LogP contribution < -0.4 is 0 Å². The van der Waals surface area contributed by atoms with Gasteiger partial charge in [0.05, 0.1) is 9.79 Å². The van der Waals surface area contributed by atoms with Crippen LogP contribution in [-0.4, -0.2) is 14.1 Å². The lowest BCUT2D eigenvalue weighted by Crippen LogP contribution is -1.99. The van der Waals surface area contributed by atoms with E-state index >= 15 is 0 Å². The number of pyridine rings is 1. The minimum atomic E-state index is -3.09. The molecule has 0 atom stereocenters. The van der Waals surface area contributed by atoms with Gasteiger partial charge in [-0.1, -0.05) is 41.4 Å². The first kappa shape index (κ1) is 12.7. The highest BCUT2D eigenvalue weighted by Crippen LogP contribution is 2.55. The summed E-state index contributed by atoms with van der Waals surface area (Å²) < 4.78 is 20.4. The predicted molar refractivity (Wildman–Crippen MR) is 70.1 cm³/mol. The Bertz CT molecular complexity index is 514. The molecule has 2 rings (SSSR count). The van der Waals surface area contributed by atoms with Crippen molar-refractivity contribution in [2.45, 2.75) is 9.79 Å². The third-order valence-corrected chi connectivity index (χ3v) is 4.35. The molecule has 0 aliphatic carbocycles. The van der Waals surface area contributed by atoms with Gasteiger partial charge < -0.3 is 0 Å². The molecular formula is C11H9Cl2NO2S. The van der Waals surface area contributed by atoms with Gasteiger partial charge in [-0.2, -0.15) is 0 Å². The summed E-state index contributed by atoms with van der Waals surface area (Å²) in [6, 6.07) is 11.3. The fourth-order valence-corrected chi connectivity index (χ4v) is 3.30. The summed E-state index contributed by atoms with van der Waals surface area (Å²) in [6.45, 7) is 0. The summed E-state index contributed by atoms with van der Waals surface area (Å²) in [6.07, 6.45) is 0. The fourth-order valence-electron chi connectivity index (χ4n) is 1.35. The zero-order valence-corrected chi connectivity index (χ0v) is 10.9. The molecule has 90 valence electrons. The van der Waals surface area contributed by atoms with Crippen LogP contribution in [0.25, 0.3) is 0 Å². The molecule has 0 spiro atoms. The molecule has 1 aromatic heterocycles. The van der Waals surface area contributed by atoms with Crippen LogP contribution in [-0.2, 0) is 0 Å². The fraction of sp³-hybridized carbons (Fsp3) is 0. The molecule has 3 nitrogen and oxygen atoms in total. The van der Waals surface area contributed by atoms with Gasteiger partial charge >= 0.3 is 0 Å². The number of aromatic nitrogens is 1. The number of nitrogens with zero attached hydrogens (tertiary/aromatic N) is 1. The molecule has 0 saturated heterocycles. The van der Waals surface area contributed by atoms with Gasteiger partial charge in [0.15, 0.2) is 0 Å². The second kappa shape index (κ2) is 4.84. The summed E-state index contributed by atoms with van der Waals surface area (Å²) in [5, 5.41) is 0.256. The molecule has 0 radical (unpaired) electrons. The zero-order valence-electron chi connectivity index (χ0n) is 8.55. The van der Waals surface area contributed by atoms with Gasteiger partial charge in [0.2, 0.25) is 0 Å². The zero-order chi connectivity index (χ0) is 12.5. The summed E-state index contributed by atoms with van der Waals surface area (Å²) in [5.41, 5.74) is 0. The van der Waals surface area contributed by atoms with Crippen LogP contribution in [0.5, 0.6) is 0 Å². The first-order chi connectivity index (χ1) is 8.00. The molecule has 0 aliphatic heterocycles. The standard InChI is InChI=1S/C11H9Cl2NO2S/c12-10-6-9(7-11(13)14-10)17(15,16)8-4-2-1-3-5-8/h1-7,15-16H. The van der Waals surface area contributed by atoms with Crippen LogP contribution in [0.3, 0.4) is 0 Å². The van der Waals surface area contributed by atoms with Crippen LogP contribution in [0, 0.1) is 0 Å². The van der Waals surface area contributed by atoms with Crippen molar-refractivity contribution >= 4 is 33.8 Å². The van der Waals surface area contributed by atoms with E-state index < -0.39 is 10.6 Å². The monoisotopic (exact) mass is 289 g/mol. The SMILES string of the molecule is OS(O)(c1ccccc1)c1cc(Cl)nc(Cl)c1. The van der Waals surface area contributed by atoms with Crippen LogP contribution in [0.1, 0.15) is 0 Å². The first-order valence-corrected chi connectivity index (χ1v) is 6.97. The molecule has 1 heterocycles. The topological polar surface area (TPSA) is 53.4 Å². The molecule has 0 unspecified atom stereocenters. The van der Waals surface area contributed by atoms with E-state index in [0.717, 1.165) is 0 Å². The summed E-state index contributed by atoms with van der Waals surface area (Å²) >= 11 is 11.5. The van der Waals surface area contributed by atoms with E-state index in [-0.39, 0.29) is 15.2 Å². The number of hydrogen-bond donors (Lipinski definition) is 2. The Morgan fingerprint density at radius 1 is 0.882 bits per heavy atom. The normalized spacial score (nSPS) is 12.5. The molecule has 0 amide bonds. The van der Waals surface area contributed by atoms with E-state index in [4.69, 9.17) is 23.2 Å². The number of benzene rings is 1. The minimum Gasteiger partial charge on any atom is -0.290 e. The molecule has 6 heteroatoms. The lowest BCUT2D eigenvalue weighted by atomic mass is 10.4. The molecule has 0 fully saturated rings. The Morgan fingerprint density at radius 3 is 1.94 bits per heavy atom. The van der Waals surface area contributed by atoms with Crippen molar-refractivity contribution in [1.29, 1.82) is 0 Å². The molecule has 2 N–H and O–H groups in total. The second-order valence-corrected chi connectivity index (χ2v) is 6.13. The quantitative estimate of drug-likeness (QED) is 0.797. The Labute approximate surface area is 110 Å². The van der Waals surface area contributed by atoms with Crippen molar-refractivity contribution in [2.75, 3.05) is 0 Å². The van der Waals surface area contributed by atoms with Crippen LogP contribution in [0.2, 0.25) is 10.3 Å². The lowest BCUT2D eigenvalue weighted by molar-refractivity contribution is 0.487. The van der Waals surface area contributed by atoms with Gasteiger partial charge in [-0.3, -0.25) is 9.11 Å². The van der Waals surface area contributed by atoms with Gasteiger partial charge in [0, 0.05) is 0 Å². The maximum Gasteiger partial charge on any atom is 0.132 e. The van der Waals surface area contributed by atoms with Crippen molar-refractivity contribution in [2.24, 2.45) is 0 Å². The lowest BCUT2D eigenvalue weighted by Gasteiger charge is -2.32. The van der Waals surface area contributed by atoms with Gasteiger partial charge in [0.25, 0.3) is 0 Å². The van der Waals surface area contributed by atoms with Crippen LogP contribution in [0.15, 0.2) is 52.3 Å². The highest BCUT2D eigenvalue weighted by Gasteiger charge is 2.19. The molecule has 0 saturated carbocycles. The molecule has 0 aliphatic rings. The predicted octanol–water partition coefficient (Wildman–Crippen LogP) is 4.56. The van der Waals surface area contributed by atoms with Crippen LogP contribution >= 0.6 is 33.8 Å². The Kier molecular flexibility index (Phi) is 3.61. The molecular weight excluding hydrogens is 281 g/mol. The average Bonchev–Trinajstić information content (AvgIpc) is 2.29. The third kappa shape index (κ3) is 2.73. The maximum atomic E-state index is 10.2. The van der Waals surface area contributed by atoms with Gasteiger partial charge in [-0.05, 0) is 24.3 Å². The largest absolute Gasteiger partial charge is 0.290 e. The van der Waals surface area contributed by atoms with E-state index in [1.54, 1.807) is 30.3 Å². The van der Waals surface area contributed by atoms with E-state index in [9.17, 15) is 9.11 Å². The van der Waals surface area contributed by atoms with E-state index in [1.165, 1.54) is 12.1 Å². The van der Waals surface area contributed by atoms with Crippen molar-refractivity contribution in [1.82, 2.24) is 4.98 Å². The highest BCUT2D eigenvalue weighted by atomic mass is 35.5.